The minimum atomic E-state index is -6.58. The topological polar surface area (TPSA) is 29.5 Å². The van der Waals surface area contributed by atoms with Gasteiger partial charge in [0.25, 0.3) is 0 Å². The van der Waals surface area contributed by atoms with E-state index in [4.69, 9.17) is 0 Å². The van der Waals surface area contributed by atoms with E-state index >= 15 is 0 Å². The molecule has 0 radical (unpaired) electrons. The molecule has 0 amide bonds. The first-order chi connectivity index (χ1) is 13.0. The number of hydrogen-bond donors (Lipinski definition) is 1. The molecule has 0 heterocycles. The van der Waals surface area contributed by atoms with Crippen LogP contribution in [0.2, 0.25) is 0 Å². The Morgan fingerprint density at radius 1 is 0.759 bits per heavy atom. The molecule has 1 aromatic carbocycles. The van der Waals surface area contributed by atoms with Crippen molar-refractivity contribution in [2.45, 2.75) is 36.7 Å². The molecule has 1 aromatic rings. The van der Waals surface area contributed by atoms with Crippen molar-refractivity contribution in [3.63, 3.8) is 0 Å². The molecule has 1 atom stereocenters. The lowest BCUT2D eigenvalue weighted by atomic mass is 10.0. The molecule has 0 saturated heterocycles. The van der Waals surface area contributed by atoms with Crippen LogP contribution in [0.5, 0.6) is 0 Å². The second kappa shape index (κ2) is 8.53. The van der Waals surface area contributed by atoms with Gasteiger partial charge in [0.1, 0.15) is 6.61 Å². The normalized spacial score (nSPS) is 14.6. The molecular weight excluding hydrogens is 447 g/mol. The number of ether oxygens (including phenoxy) is 1. The highest BCUT2D eigenvalue weighted by atomic mass is 19.4. The van der Waals surface area contributed by atoms with Crippen LogP contribution >= 0.6 is 0 Å². The van der Waals surface area contributed by atoms with E-state index in [2.05, 4.69) is 4.74 Å². The van der Waals surface area contributed by atoms with Gasteiger partial charge in [-0.1, -0.05) is 0 Å². The lowest BCUT2D eigenvalue weighted by Gasteiger charge is -2.32. The van der Waals surface area contributed by atoms with Gasteiger partial charge in [-0.15, -0.1) is 0 Å². The van der Waals surface area contributed by atoms with Crippen molar-refractivity contribution in [3.8, 4) is 0 Å². The Balaban J connectivity index is 2.84. The van der Waals surface area contributed by atoms with Crippen LogP contribution in [0.1, 0.15) is 5.56 Å². The molecule has 0 aliphatic carbocycles. The fraction of sp³-hybridized carbons (Fsp3) is 0.571. The van der Waals surface area contributed by atoms with Gasteiger partial charge >= 0.3 is 24.2 Å². The fourth-order valence-electron chi connectivity index (χ4n) is 1.92. The molecule has 0 bridgehead atoms. The number of aliphatic hydroxyl groups is 1. The Kier molecular flexibility index (Phi) is 7.44. The van der Waals surface area contributed by atoms with Gasteiger partial charge < -0.3 is 9.84 Å². The Labute approximate surface area is 152 Å². The van der Waals surface area contributed by atoms with E-state index in [-0.39, 0.29) is 0 Å². The monoisotopic (exact) mass is 456 g/mol. The Morgan fingerprint density at radius 2 is 1.17 bits per heavy atom. The van der Waals surface area contributed by atoms with E-state index in [1.807, 2.05) is 0 Å². The van der Waals surface area contributed by atoms with Gasteiger partial charge in [0.2, 0.25) is 5.82 Å². The third kappa shape index (κ3) is 4.70. The largest absolute Gasteiger partial charge is 0.390 e. The van der Waals surface area contributed by atoms with Crippen molar-refractivity contribution in [3.05, 3.63) is 34.6 Å². The van der Waals surface area contributed by atoms with E-state index in [0.29, 0.717) is 0 Å². The molecule has 0 aliphatic rings. The first-order valence-electron chi connectivity index (χ1n) is 7.16. The van der Waals surface area contributed by atoms with Crippen LogP contribution in [-0.2, 0) is 11.2 Å². The van der Waals surface area contributed by atoms with Crippen molar-refractivity contribution in [1.82, 2.24) is 0 Å². The number of benzene rings is 1. The molecule has 1 rings (SSSR count). The van der Waals surface area contributed by atoms with Crippen LogP contribution in [0.15, 0.2) is 0 Å². The summed E-state index contributed by atoms with van der Waals surface area (Å²) in [5.74, 6) is -31.0. The summed E-state index contributed by atoms with van der Waals surface area (Å²) in [7, 11) is 0. The number of hydrogen-bond acceptors (Lipinski definition) is 2. The number of rotatable bonds is 9. The smallest absolute Gasteiger partial charge is 0.380 e. The van der Waals surface area contributed by atoms with Crippen molar-refractivity contribution >= 4 is 0 Å². The van der Waals surface area contributed by atoms with Crippen LogP contribution in [-0.4, -0.2) is 48.6 Å². The van der Waals surface area contributed by atoms with Gasteiger partial charge in [-0.3, -0.25) is 0 Å². The molecule has 168 valence electrons. The minimum Gasteiger partial charge on any atom is -0.390 e. The first-order valence-corrected chi connectivity index (χ1v) is 7.16. The summed E-state index contributed by atoms with van der Waals surface area (Å²) in [5.41, 5.74) is -1.60. The van der Waals surface area contributed by atoms with E-state index in [1.54, 1.807) is 0 Å². The highest BCUT2D eigenvalue weighted by Crippen LogP contribution is 2.48. The molecule has 0 fully saturated rings. The highest BCUT2D eigenvalue weighted by molar-refractivity contribution is 5.24. The van der Waals surface area contributed by atoms with E-state index in [9.17, 15) is 62.2 Å². The average molecular weight is 456 g/mol. The quantitative estimate of drug-likeness (QED) is 0.338. The summed E-state index contributed by atoms with van der Waals surface area (Å²) in [5, 5.41) is 9.35. The minimum absolute atomic E-state index is 1.44. The molecule has 0 saturated carbocycles. The molecule has 15 heteroatoms. The van der Waals surface area contributed by atoms with E-state index in [1.165, 1.54) is 0 Å². The average Bonchev–Trinajstić information content (AvgIpc) is 2.61. The SMILES string of the molecule is OC(COCC(F)(F)C(F)(F)C(F)(F)C(F)F)Cc1c(F)c(F)c(F)c(F)c1F. The predicted molar refractivity (Wildman–Crippen MR) is 67.6 cm³/mol. The molecular formula is C14H9F13O2. The number of aliphatic hydroxyl groups excluding tert-OH is 1. The fourth-order valence-corrected chi connectivity index (χ4v) is 1.92. The van der Waals surface area contributed by atoms with Gasteiger partial charge in [0.15, 0.2) is 23.3 Å². The zero-order valence-corrected chi connectivity index (χ0v) is 13.5. The summed E-state index contributed by atoms with van der Waals surface area (Å²) in [6.07, 6.45) is -8.94. The molecule has 0 aromatic heterocycles. The van der Waals surface area contributed by atoms with Gasteiger partial charge in [0.05, 0.1) is 12.7 Å². The second-order valence-electron chi connectivity index (χ2n) is 5.62. The predicted octanol–water partition coefficient (Wildman–Crippen LogP) is 4.47. The van der Waals surface area contributed by atoms with Crippen molar-refractivity contribution in [1.29, 1.82) is 0 Å². The zero-order valence-electron chi connectivity index (χ0n) is 13.5. The van der Waals surface area contributed by atoms with Gasteiger partial charge in [-0.25, -0.2) is 30.7 Å². The Hall–Kier alpha value is -1.77. The third-order valence-corrected chi connectivity index (χ3v) is 3.49. The van der Waals surface area contributed by atoms with Crippen LogP contribution in [0.4, 0.5) is 57.1 Å². The second-order valence-corrected chi connectivity index (χ2v) is 5.62. The van der Waals surface area contributed by atoms with Crippen LogP contribution in [0.3, 0.4) is 0 Å². The summed E-state index contributed by atoms with van der Waals surface area (Å²) in [4.78, 5) is 0. The maximum absolute atomic E-state index is 13.4. The standard InChI is InChI=1S/C14H9F13O2/c15-6-5(7(16)9(18)10(19)8(6)17)1-4(28)2-29-3-12(22,23)14(26,27)13(24,25)11(20)21/h4,11,28H,1-3H2. The maximum Gasteiger partial charge on any atom is 0.380 e. The molecule has 1 N–H and O–H groups in total. The van der Waals surface area contributed by atoms with Gasteiger partial charge in [0, 0.05) is 12.0 Å². The molecule has 0 aliphatic heterocycles. The molecule has 0 spiro atoms. The van der Waals surface area contributed by atoms with E-state index in [0.717, 1.165) is 0 Å². The number of halogens is 13. The molecule has 1 unspecified atom stereocenters. The van der Waals surface area contributed by atoms with E-state index < -0.39 is 84.6 Å². The maximum atomic E-state index is 13.4. The van der Waals surface area contributed by atoms with Crippen LogP contribution < -0.4 is 0 Å². The van der Waals surface area contributed by atoms with Gasteiger partial charge in [-0.05, 0) is 0 Å². The van der Waals surface area contributed by atoms with Crippen molar-refractivity contribution < 1.29 is 66.9 Å². The first kappa shape index (κ1) is 25.3. The summed E-state index contributed by atoms with van der Waals surface area (Å²) in [6, 6.07) is 0. The highest BCUT2D eigenvalue weighted by Gasteiger charge is 2.75. The molecule has 29 heavy (non-hydrogen) atoms. The zero-order chi connectivity index (χ0) is 22.9. The van der Waals surface area contributed by atoms with Gasteiger partial charge in [-0.2, -0.15) is 26.3 Å². The van der Waals surface area contributed by atoms with Crippen LogP contribution in [0, 0.1) is 29.1 Å². The van der Waals surface area contributed by atoms with Crippen LogP contribution in [0.25, 0.3) is 0 Å². The lowest BCUT2D eigenvalue weighted by molar-refractivity contribution is -0.346. The lowest BCUT2D eigenvalue weighted by Crippen LogP contribution is -2.59. The summed E-state index contributed by atoms with van der Waals surface area (Å²) in [6.45, 7) is -4.18. The Bertz CT molecular complexity index is 706. The third-order valence-electron chi connectivity index (χ3n) is 3.49. The summed E-state index contributed by atoms with van der Waals surface area (Å²) < 4.78 is 171. The van der Waals surface area contributed by atoms with Crippen molar-refractivity contribution in [2.24, 2.45) is 0 Å². The summed E-state index contributed by atoms with van der Waals surface area (Å²) >= 11 is 0. The molecule has 2 nitrogen and oxygen atoms in total. The van der Waals surface area contributed by atoms with Crippen molar-refractivity contribution in [2.75, 3.05) is 13.2 Å². The number of alkyl halides is 8. The Morgan fingerprint density at radius 3 is 1.59 bits per heavy atom.